The summed E-state index contributed by atoms with van der Waals surface area (Å²) in [5.41, 5.74) is 0. The Morgan fingerprint density at radius 2 is 2.50 bits per heavy atom. The molecule has 0 amide bonds. The summed E-state index contributed by atoms with van der Waals surface area (Å²) in [6.45, 7) is 3.56. The van der Waals surface area contributed by atoms with E-state index < -0.39 is 0 Å². The first-order valence-corrected chi connectivity index (χ1v) is 7.89. The summed E-state index contributed by atoms with van der Waals surface area (Å²) in [6.07, 6.45) is 2.86. The summed E-state index contributed by atoms with van der Waals surface area (Å²) in [5.74, 6) is 1.33. The van der Waals surface area contributed by atoms with Crippen molar-refractivity contribution in [3.63, 3.8) is 0 Å². The van der Waals surface area contributed by atoms with Crippen molar-refractivity contribution in [3.05, 3.63) is 23.4 Å². The molecule has 108 valence electrons. The number of nitrogens with zero attached hydrogens (tertiary/aromatic N) is 3. The summed E-state index contributed by atoms with van der Waals surface area (Å²) >= 11 is 1.61. The zero-order valence-electron chi connectivity index (χ0n) is 11.5. The van der Waals surface area contributed by atoms with Gasteiger partial charge in [-0.15, -0.1) is 11.3 Å². The maximum Gasteiger partial charge on any atom is 0.241 e. The van der Waals surface area contributed by atoms with Crippen LogP contribution in [0.1, 0.15) is 32.1 Å². The van der Waals surface area contributed by atoms with Gasteiger partial charge in [-0.2, -0.15) is 4.98 Å². The fraction of sp³-hybridized carbons (Fsp3) is 0.571. The van der Waals surface area contributed by atoms with Gasteiger partial charge in [-0.1, -0.05) is 11.2 Å². The number of hydrogen-bond donors (Lipinski definition) is 1. The molecule has 0 saturated carbocycles. The second-order valence-electron chi connectivity index (χ2n) is 5.34. The van der Waals surface area contributed by atoms with Crippen LogP contribution in [-0.2, 0) is 6.54 Å². The smallest absolute Gasteiger partial charge is 0.241 e. The van der Waals surface area contributed by atoms with E-state index in [4.69, 9.17) is 4.52 Å². The van der Waals surface area contributed by atoms with Gasteiger partial charge >= 0.3 is 0 Å². The highest BCUT2D eigenvalue weighted by atomic mass is 32.1. The SMILES string of the molecule is CC(O)CC1CCCN1Cc1nc(-c2cccs2)no1. The summed E-state index contributed by atoms with van der Waals surface area (Å²) in [7, 11) is 0. The largest absolute Gasteiger partial charge is 0.393 e. The van der Waals surface area contributed by atoms with Crippen molar-refractivity contribution >= 4 is 11.3 Å². The van der Waals surface area contributed by atoms with Gasteiger partial charge < -0.3 is 9.63 Å². The number of hydrogen-bond acceptors (Lipinski definition) is 6. The lowest BCUT2D eigenvalue weighted by atomic mass is 10.1. The molecule has 2 aromatic heterocycles. The second-order valence-corrected chi connectivity index (χ2v) is 6.29. The quantitative estimate of drug-likeness (QED) is 0.918. The molecule has 20 heavy (non-hydrogen) atoms. The van der Waals surface area contributed by atoms with Gasteiger partial charge in [0.1, 0.15) is 0 Å². The van der Waals surface area contributed by atoms with Crippen LogP contribution >= 0.6 is 11.3 Å². The van der Waals surface area contributed by atoms with E-state index in [9.17, 15) is 5.11 Å². The number of aromatic nitrogens is 2. The highest BCUT2D eigenvalue weighted by Crippen LogP contribution is 2.25. The van der Waals surface area contributed by atoms with Crippen molar-refractivity contribution in [2.45, 2.75) is 44.9 Å². The van der Waals surface area contributed by atoms with Gasteiger partial charge in [0.15, 0.2) is 0 Å². The van der Waals surface area contributed by atoms with E-state index in [0.29, 0.717) is 24.3 Å². The first-order valence-electron chi connectivity index (χ1n) is 7.01. The van der Waals surface area contributed by atoms with Crippen LogP contribution in [-0.4, -0.2) is 38.8 Å². The summed E-state index contributed by atoms with van der Waals surface area (Å²) in [6, 6.07) is 4.40. The Morgan fingerprint density at radius 3 is 3.25 bits per heavy atom. The van der Waals surface area contributed by atoms with E-state index in [2.05, 4.69) is 15.0 Å². The molecule has 2 atom stereocenters. The molecule has 2 unspecified atom stereocenters. The molecule has 1 fully saturated rings. The van der Waals surface area contributed by atoms with E-state index in [-0.39, 0.29) is 6.10 Å². The Balaban J connectivity index is 1.65. The average Bonchev–Trinajstić information content (AvgIpc) is 3.11. The highest BCUT2D eigenvalue weighted by molar-refractivity contribution is 7.13. The molecule has 0 aliphatic carbocycles. The molecule has 0 aromatic carbocycles. The first kappa shape index (κ1) is 13.7. The van der Waals surface area contributed by atoms with E-state index in [1.54, 1.807) is 11.3 Å². The van der Waals surface area contributed by atoms with Gasteiger partial charge in [0, 0.05) is 6.04 Å². The van der Waals surface area contributed by atoms with E-state index in [1.165, 1.54) is 6.42 Å². The lowest BCUT2D eigenvalue weighted by Crippen LogP contribution is -2.31. The van der Waals surface area contributed by atoms with Crippen molar-refractivity contribution in [1.29, 1.82) is 0 Å². The molecule has 5 nitrogen and oxygen atoms in total. The van der Waals surface area contributed by atoms with Crippen LogP contribution in [0.15, 0.2) is 22.0 Å². The third kappa shape index (κ3) is 3.08. The van der Waals surface area contributed by atoms with E-state index in [1.807, 2.05) is 24.4 Å². The number of thiophene rings is 1. The van der Waals surface area contributed by atoms with E-state index >= 15 is 0 Å². The molecule has 1 N–H and O–H groups in total. The van der Waals surface area contributed by atoms with Gasteiger partial charge in [0.2, 0.25) is 11.7 Å². The molecular formula is C14H19N3O2S. The zero-order valence-corrected chi connectivity index (χ0v) is 12.3. The number of aliphatic hydroxyl groups is 1. The monoisotopic (exact) mass is 293 g/mol. The van der Waals surface area contributed by atoms with Crippen LogP contribution in [0.2, 0.25) is 0 Å². The van der Waals surface area contributed by atoms with E-state index in [0.717, 1.165) is 24.3 Å². The maximum atomic E-state index is 9.55. The normalized spacial score (nSPS) is 21.4. The molecular weight excluding hydrogens is 274 g/mol. The van der Waals surface area contributed by atoms with Crippen LogP contribution < -0.4 is 0 Å². The van der Waals surface area contributed by atoms with Crippen molar-refractivity contribution in [3.8, 4) is 10.7 Å². The fourth-order valence-electron chi connectivity index (χ4n) is 2.76. The Morgan fingerprint density at radius 1 is 1.60 bits per heavy atom. The molecule has 1 aliphatic rings. The summed E-state index contributed by atoms with van der Waals surface area (Å²) < 4.78 is 5.35. The average molecular weight is 293 g/mol. The molecule has 6 heteroatoms. The topological polar surface area (TPSA) is 62.4 Å². The van der Waals surface area contributed by atoms with Crippen LogP contribution in [0.3, 0.4) is 0 Å². The van der Waals surface area contributed by atoms with Crippen molar-refractivity contribution < 1.29 is 9.63 Å². The molecule has 1 saturated heterocycles. The molecule has 0 spiro atoms. The minimum Gasteiger partial charge on any atom is -0.393 e. The molecule has 3 heterocycles. The minimum absolute atomic E-state index is 0.259. The van der Waals surface area contributed by atoms with Gasteiger partial charge in [0.05, 0.1) is 17.5 Å². The lowest BCUT2D eigenvalue weighted by molar-refractivity contribution is 0.124. The standard InChI is InChI=1S/C14H19N3O2S/c1-10(18)8-11-4-2-6-17(11)9-13-15-14(16-19-13)12-5-3-7-20-12/h3,5,7,10-11,18H,2,4,6,8-9H2,1H3. The summed E-state index contributed by atoms with van der Waals surface area (Å²) in [4.78, 5) is 7.82. The molecule has 2 aromatic rings. The number of rotatable bonds is 5. The molecule has 1 aliphatic heterocycles. The number of aliphatic hydroxyl groups excluding tert-OH is 1. The van der Waals surface area contributed by atoms with Gasteiger partial charge in [0.25, 0.3) is 0 Å². The second kappa shape index (κ2) is 6.03. The van der Waals surface area contributed by atoms with Crippen molar-refractivity contribution in [2.24, 2.45) is 0 Å². The Bertz CT molecular complexity index is 538. The van der Waals surface area contributed by atoms with Crippen LogP contribution in [0.25, 0.3) is 10.7 Å². The fourth-order valence-corrected chi connectivity index (χ4v) is 3.41. The Hall–Kier alpha value is -1.24. The zero-order chi connectivity index (χ0) is 13.9. The first-order chi connectivity index (χ1) is 9.72. The van der Waals surface area contributed by atoms with Crippen molar-refractivity contribution in [2.75, 3.05) is 6.54 Å². The van der Waals surface area contributed by atoms with Crippen molar-refractivity contribution in [1.82, 2.24) is 15.0 Å². The predicted molar refractivity (Wildman–Crippen MR) is 77.3 cm³/mol. The summed E-state index contributed by atoms with van der Waals surface area (Å²) in [5, 5.41) is 15.6. The van der Waals surface area contributed by atoms with Gasteiger partial charge in [-0.3, -0.25) is 4.90 Å². The van der Waals surface area contributed by atoms with Crippen LogP contribution in [0.5, 0.6) is 0 Å². The predicted octanol–water partition coefficient (Wildman–Crippen LogP) is 2.53. The minimum atomic E-state index is -0.259. The maximum absolute atomic E-state index is 9.55. The highest BCUT2D eigenvalue weighted by Gasteiger charge is 2.27. The van der Waals surface area contributed by atoms with Crippen LogP contribution in [0, 0.1) is 0 Å². The third-order valence-corrected chi connectivity index (χ3v) is 4.53. The molecule has 0 radical (unpaired) electrons. The third-order valence-electron chi connectivity index (χ3n) is 3.66. The van der Waals surface area contributed by atoms with Crippen LogP contribution in [0.4, 0.5) is 0 Å². The Labute approximate surface area is 122 Å². The van der Waals surface area contributed by atoms with Gasteiger partial charge in [-0.05, 0) is 44.2 Å². The molecule has 0 bridgehead atoms. The molecule has 3 rings (SSSR count). The lowest BCUT2D eigenvalue weighted by Gasteiger charge is -2.23. The van der Waals surface area contributed by atoms with Gasteiger partial charge in [-0.25, -0.2) is 0 Å². The Kier molecular flexibility index (Phi) is 4.14. The number of likely N-dealkylation sites (tertiary alicyclic amines) is 1.